The summed E-state index contributed by atoms with van der Waals surface area (Å²) >= 11 is 0. The summed E-state index contributed by atoms with van der Waals surface area (Å²) < 4.78 is 0. The minimum atomic E-state index is -0.817. The van der Waals surface area contributed by atoms with Gasteiger partial charge in [-0.2, -0.15) is 0 Å². The van der Waals surface area contributed by atoms with Crippen LogP contribution >= 0.6 is 0 Å². The van der Waals surface area contributed by atoms with Crippen LogP contribution in [0, 0.1) is 4.91 Å². The van der Waals surface area contributed by atoms with Gasteiger partial charge in [0.05, 0.1) is 0 Å². The molecule has 46 valence electrons. The maximum Gasteiger partial charge on any atom is 0.436 e. The van der Waals surface area contributed by atoms with Crippen LogP contribution in [0.5, 0.6) is 0 Å². The lowest BCUT2D eigenvalue weighted by Crippen LogP contribution is -2.21. The molecule has 8 heavy (non-hydrogen) atoms. The highest BCUT2D eigenvalue weighted by atomic mass is 16.8. The highest BCUT2D eigenvalue weighted by Gasteiger charge is 1.95. The number of carbonyl (C=O) groups is 1. The number of rotatable bonds is 2. The van der Waals surface area contributed by atoms with Gasteiger partial charge in [-0.25, -0.2) is 4.79 Å². The van der Waals surface area contributed by atoms with Gasteiger partial charge in [-0.1, -0.05) is 0 Å². The second-order valence-electron chi connectivity index (χ2n) is 0.984. The van der Waals surface area contributed by atoms with Crippen molar-refractivity contribution in [3.63, 3.8) is 0 Å². The molecular formula is C3H6N2O3. The van der Waals surface area contributed by atoms with Crippen molar-refractivity contribution in [2.75, 3.05) is 6.54 Å². The van der Waals surface area contributed by atoms with Crippen molar-refractivity contribution in [2.45, 2.75) is 6.92 Å². The minimum Gasteiger partial charge on any atom is -0.320 e. The van der Waals surface area contributed by atoms with Gasteiger partial charge in [0.2, 0.25) is 0 Å². The molecule has 0 aliphatic carbocycles. The summed E-state index contributed by atoms with van der Waals surface area (Å²) in [5, 5.41) is 4.08. The fourth-order valence-corrected chi connectivity index (χ4v) is 0.210. The molecule has 0 rings (SSSR count). The van der Waals surface area contributed by atoms with Crippen LogP contribution < -0.4 is 5.32 Å². The van der Waals surface area contributed by atoms with Crippen LogP contribution in [-0.2, 0) is 4.84 Å². The van der Waals surface area contributed by atoms with Crippen molar-refractivity contribution in [2.24, 2.45) is 5.34 Å². The van der Waals surface area contributed by atoms with Crippen molar-refractivity contribution in [3.8, 4) is 0 Å². The summed E-state index contributed by atoms with van der Waals surface area (Å²) in [4.78, 5) is 22.8. The third kappa shape index (κ3) is 3.08. The van der Waals surface area contributed by atoms with Crippen molar-refractivity contribution >= 4 is 6.09 Å². The molecule has 5 heteroatoms. The Hall–Kier alpha value is -1.13. The van der Waals surface area contributed by atoms with Gasteiger partial charge >= 0.3 is 6.09 Å². The van der Waals surface area contributed by atoms with Crippen LogP contribution in [0.15, 0.2) is 5.34 Å². The van der Waals surface area contributed by atoms with Gasteiger partial charge in [0, 0.05) is 6.54 Å². The molecule has 0 bridgehead atoms. The molecule has 5 nitrogen and oxygen atoms in total. The number of amides is 1. The van der Waals surface area contributed by atoms with Gasteiger partial charge in [-0.15, -0.1) is 4.91 Å². The van der Waals surface area contributed by atoms with Crippen molar-refractivity contribution in [1.29, 1.82) is 0 Å². The molecule has 0 fully saturated rings. The molecule has 0 radical (unpaired) electrons. The van der Waals surface area contributed by atoms with Gasteiger partial charge in [-0.05, 0) is 6.92 Å². The molecule has 0 aromatic carbocycles. The highest BCUT2D eigenvalue weighted by Crippen LogP contribution is 1.73. The van der Waals surface area contributed by atoms with Gasteiger partial charge in [-0.3, -0.25) is 4.84 Å². The van der Waals surface area contributed by atoms with E-state index in [1.807, 2.05) is 5.34 Å². The number of carbonyl (C=O) groups excluding carboxylic acids is 1. The lowest BCUT2D eigenvalue weighted by Gasteiger charge is -1.91. The van der Waals surface area contributed by atoms with Crippen LogP contribution in [0.25, 0.3) is 0 Å². The summed E-state index contributed by atoms with van der Waals surface area (Å²) in [7, 11) is 0. The van der Waals surface area contributed by atoms with Gasteiger partial charge in [0.15, 0.2) is 5.34 Å². The molecule has 1 amide bonds. The molecule has 0 saturated carbocycles. The standard InChI is InChI=1S/C3H6N2O3/c1-2-4-3(6)8-5-7/h2H2,1H3,(H,4,6). The highest BCUT2D eigenvalue weighted by molar-refractivity contribution is 5.66. The van der Waals surface area contributed by atoms with Crippen LogP contribution in [0.4, 0.5) is 4.79 Å². The van der Waals surface area contributed by atoms with E-state index in [4.69, 9.17) is 4.91 Å². The summed E-state index contributed by atoms with van der Waals surface area (Å²) in [5.41, 5.74) is 0. The number of hydrogen-bond acceptors (Lipinski definition) is 4. The topological polar surface area (TPSA) is 67.8 Å². The molecule has 0 atom stereocenters. The largest absolute Gasteiger partial charge is 0.436 e. The first-order chi connectivity index (χ1) is 3.81. The monoisotopic (exact) mass is 118 g/mol. The lowest BCUT2D eigenvalue weighted by molar-refractivity contribution is 0.149. The Morgan fingerprint density at radius 1 is 1.88 bits per heavy atom. The molecule has 0 spiro atoms. The Kier molecular flexibility index (Phi) is 3.47. The second kappa shape index (κ2) is 4.04. The molecular weight excluding hydrogens is 112 g/mol. The quantitative estimate of drug-likeness (QED) is 0.422. The molecule has 0 aliphatic heterocycles. The fraction of sp³-hybridized carbons (Fsp3) is 0.667. The smallest absolute Gasteiger partial charge is 0.320 e. The maximum absolute atomic E-state index is 10.0. The first kappa shape index (κ1) is 6.87. The van der Waals surface area contributed by atoms with E-state index in [-0.39, 0.29) is 0 Å². The Morgan fingerprint density at radius 3 is 2.88 bits per heavy atom. The van der Waals surface area contributed by atoms with Crippen LogP contribution in [0.1, 0.15) is 6.92 Å². The van der Waals surface area contributed by atoms with Crippen LogP contribution in [0.2, 0.25) is 0 Å². The normalized spacial score (nSPS) is 7.62. The van der Waals surface area contributed by atoms with E-state index in [0.29, 0.717) is 6.54 Å². The average molecular weight is 118 g/mol. The van der Waals surface area contributed by atoms with Crippen LogP contribution in [0.3, 0.4) is 0 Å². The molecule has 0 aliphatic rings. The van der Waals surface area contributed by atoms with E-state index in [2.05, 4.69) is 10.2 Å². The number of nitrogens with zero attached hydrogens (tertiary/aromatic N) is 1. The van der Waals surface area contributed by atoms with Gasteiger partial charge in [0.1, 0.15) is 0 Å². The summed E-state index contributed by atoms with van der Waals surface area (Å²) in [6.45, 7) is 2.13. The first-order valence-corrected chi connectivity index (χ1v) is 2.08. The third-order valence-electron chi connectivity index (χ3n) is 0.441. The zero-order valence-corrected chi connectivity index (χ0v) is 4.38. The van der Waals surface area contributed by atoms with Gasteiger partial charge < -0.3 is 5.32 Å². The zero-order chi connectivity index (χ0) is 6.41. The van der Waals surface area contributed by atoms with Crippen LogP contribution in [-0.4, -0.2) is 12.6 Å². The Labute approximate surface area is 45.9 Å². The molecule has 1 N–H and O–H groups in total. The van der Waals surface area contributed by atoms with E-state index in [1.54, 1.807) is 6.92 Å². The van der Waals surface area contributed by atoms with Crippen molar-refractivity contribution in [1.82, 2.24) is 5.32 Å². The molecule has 0 heterocycles. The minimum absolute atomic E-state index is 0.425. The lowest BCUT2D eigenvalue weighted by atomic mass is 10.8. The fourth-order valence-electron chi connectivity index (χ4n) is 0.210. The van der Waals surface area contributed by atoms with E-state index in [1.165, 1.54) is 0 Å². The van der Waals surface area contributed by atoms with Crippen molar-refractivity contribution in [3.05, 3.63) is 4.91 Å². The Balaban J connectivity index is 3.18. The number of hydrogen-bond donors (Lipinski definition) is 1. The molecule has 0 unspecified atom stereocenters. The maximum atomic E-state index is 10.0. The second-order valence-corrected chi connectivity index (χ2v) is 0.984. The third-order valence-corrected chi connectivity index (χ3v) is 0.441. The van der Waals surface area contributed by atoms with E-state index in [9.17, 15) is 4.79 Å². The SMILES string of the molecule is CCNC(=O)ON=O. The molecule has 0 aromatic heterocycles. The van der Waals surface area contributed by atoms with Crippen molar-refractivity contribution < 1.29 is 9.63 Å². The van der Waals surface area contributed by atoms with E-state index in [0.717, 1.165) is 0 Å². The first-order valence-electron chi connectivity index (χ1n) is 2.08. The summed E-state index contributed by atoms with van der Waals surface area (Å²) in [6, 6.07) is 0. The summed E-state index contributed by atoms with van der Waals surface area (Å²) in [5.74, 6) is 0. The average Bonchev–Trinajstić information content (AvgIpc) is 1.68. The predicted molar refractivity (Wildman–Crippen MR) is 26.0 cm³/mol. The predicted octanol–water partition coefficient (Wildman–Crippen LogP) is 0.414. The molecule has 0 aromatic rings. The summed E-state index contributed by atoms with van der Waals surface area (Å²) in [6.07, 6.45) is -0.817. The van der Waals surface area contributed by atoms with Gasteiger partial charge in [0.25, 0.3) is 0 Å². The zero-order valence-electron chi connectivity index (χ0n) is 4.38. The molecule has 0 saturated heterocycles. The van der Waals surface area contributed by atoms with E-state index < -0.39 is 6.09 Å². The Bertz CT molecular complexity index is 92.5. The Morgan fingerprint density at radius 2 is 2.50 bits per heavy atom. The number of nitrogens with one attached hydrogen (secondary N) is 1. The van der Waals surface area contributed by atoms with E-state index >= 15 is 0 Å².